The van der Waals surface area contributed by atoms with Crippen LogP contribution in [0.3, 0.4) is 0 Å². The molecule has 0 radical (unpaired) electrons. The number of ether oxygens (including phenoxy) is 1. The van der Waals surface area contributed by atoms with Crippen molar-refractivity contribution in [3.8, 4) is 5.75 Å². The van der Waals surface area contributed by atoms with Crippen LogP contribution in [0, 0.1) is 5.41 Å². The molecular formula is C15H20BrNO. The highest BCUT2D eigenvalue weighted by molar-refractivity contribution is 9.10. The second kappa shape index (κ2) is 5.22. The van der Waals surface area contributed by atoms with Gasteiger partial charge in [-0.1, -0.05) is 22.0 Å². The van der Waals surface area contributed by atoms with E-state index in [0.717, 1.165) is 22.9 Å². The molecule has 0 aliphatic heterocycles. The van der Waals surface area contributed by atoms with Gasteiger partial charge in [-0.05, 0) is 55.7 Å². The van der Waals surface area contributed by atoms with Crippen molar-refractivity contribution in [3.63, 3.8) is 0 Å². The van der Waals surface area contributed by atoms with Crippen molar-refractivity contribution < 1.29 is 4.74 Å². The van der Waals surface area contributed by atoms with Gasteiger partial charge in [-0.3, -0.25) is 0 Å². The molecule has 0 unspecified atom stereocenters. The molecule has 0 atom stereocenters. The molecule has 1 N–H and O–H groups in total. The summed E-state index contributed by atoms with van der Waals surface area (Å²) in [6.07, 6.45) is 6.68. The lowest BCUT2D eigenvalue weighted by Gasteiger charge is -2.16. The lowest BCUT2D eigenvalue weighted by molar-refractivity contribution is 0.264. The zero-order valence-corrected chi connectivity index (χ0v) is 12.2. The number of halogens is 1. The Labute approximate surface area is 117 Å². The summed E-state index contributed by atoms with van der Waals surface area (Å²) in [6, 6.07) is 8.92. The summed E-state index contributed by atoms with van der Waals surface area (Å²) in [5.41, 5.74) is 0.550. The van der Waals surface area contributed by atoms with Crippen molar-refractivity contribution in [2.75, 3.05) is 13.2 Å². The second-order valence-corrected chi connectivity index (χ2v) is 6.63. The lowest BCUT2D eigenvalue weighted by atomic mass is 10.0. The van der Waals surface area contributed by atoms with Crippen molar-refractivity contribution in [2.24, 2.45) is 5.41 Å². The van der Waals surface area contributed by atoms with Gasteiger partial charge in [0.25, 0.3) is 0 Å². The summed E-state index contributed by atoms with van der Waals surface area (Å²) in [5.74, 6) is 0.968. The van der Waals surface area contributed by atoms with E-state index >= 15 is 0 Å². The Kier molecular flexibility index (Phi) is 3.62. The zero-order valence-electron chi connectivity index (χ0n) is 10.6. The third kappa shape index (κ3) is 3.48. The predicted molar refractivity (Wildman–Crippen MR) is 76.9 cm³/mol. The maximum atomic E-state index is 5.83. The normalized spacial score (nSPS) is 20.7. The highest BCUT2D eigenvalue weighted by Crippen LogP contribution is 2.48. The number of hydrogen-bond donors (Lipinski definition) is 1. The van der Waals surface area contributed by atoms with E-state index in [1.165, 1.54) is 38.6 Å². The molecule has 1 aromatic rings. The van der Waals surface area contributed by atoms with Crippen LogP contribution in [-0.2, 0) is 0 Å². The fourth-order valence-electron chi connectivity index (χ4n) is 2.28. The number of benzene rings is 1. The van der Waals surface area contributed by atoms with Gasteiger partial charge < -0.3 is 10.1 Å². The number of hydrogen-bond acceptors (Lipinski definition) is 2. The number of rotatable bonds is 7. The van der Waals surface area contributed by atoms with Gasteiger partial charge in [0.2, 0.25) is 0 Å². The molecule has 2 saturated carbocycles. The molecule has 2 nitrogen and oxygen atoms in total. The fourth-order valence-corrected chi connectivity index (χ4v) is 2.66. The Balaban J connectivity index is 1.41. The molecule has 18 heavy (non-hydrogen) atoms. The van der Waals surface area contributed by atoms with Crippen LogP contribution in [-0.4, -0.2) is 19.2 Å². The van der Waals surface area contributed by atoms with Gasteiger partial charge in [-0.15, -0.1) is 0 Å². The average molecular weight is 310 g/mol. The van der Waals surface area contributed by atoms with Crippen LogP contribution in [0.5, 0.6) is 5.75 Å². The minimum absolute atomic E-state index is 0.550. The van der Waals surface area contributed by atoms with E-state index in [1.807, 2.05) is 24.3 Å². The van der Waals surface area contributed by atoms with E-state index in [9.17, 15) is 0 Å². The number of nitrogens with one attached hydrogen (secondary N) is 1. The first-order valence-corrected chi connectivity index (χ1v) is 7.67. The van der Waals surface area contributed by atoms with Crippen LogP contribution < -0.4 is 10.1 Å². The summed E-state index contributed by atoms with van der Waals surface area (Å²) in [5, 5.41) is 3.65. The third-order valence-corrected chi connectivity index (χ3v) is 4.49. The molecule has 0 amide bonds. The van der Waals surface area contributed by atoms with Gasteiger partial charge in [0, 0.05) is 17.1 Å². The van der Waals surface area contributed by atoms with E-state index < -0.39 is 0 Å². The SMILES string of the molecule is Brc1cccc(OCCC2(CNC3CC3)CC2)c1. The Morgan fingerprint density at radius 3 is 2.83 bits per heavy atom. The topological polar surface area (TPSA) is 21.3 Å². The van der Waals surface area contributed by atoms with Crippen LogP contribution in [0.1, 0.15) is 32.1 Å². The maximum Gasteiger partial charge on any atom is 0.120 e. The first kappa shape index (κ1) is 12.5. The molecule has 98 valence electrons. The Morgan fingerprint density at radius 2 is 2.17 bits per heavy atom. The monoisotopic (exact) mass is 309 g/mol. The summed E-state index contributed by atoms with van der Waals surface area (Å²) in [7, 11) is 0. The van der Waals surface area contributed by atoms with Crippen LogP contribution in [0.15, 0.2) is 28.7 Å². The Bertz CT molecular complexity index is 413. The van der Waals surface area contributed by atoms with Gasteiger partial charge in [0.1, 0.15) is 5.75 Å². The van der Waals surface area contributed by atoms with Crippen LogP contribution >= 0.6 is 15.9 Å². The minimum atomic E-state index is 0.550. The molecule has 3 rings (SSSR count). The van der Waals surface area contributed by atoms with Crippen molar-refractivity contribution in [2.45, 2.75) is 38.1 Å². The highest BCUT2D eigenvalue weighted by atomic mass is 79.9. The summed E-state index contributed by atoms with van der Waals surface area (Å²) in [4.78, 5) is 0. The maximum absolute atomic E-state index is 5.83. The standard InChI is InChI=1S/C15H20BrNO/c16-12-2-1-3-14(10-12)18-9-8-15(6-7-15)11-17-13-4-5-13/h1-3,10,13,17H,4-9,11H2. The molecule has 2 aliphatic rings. The zero-order chi connectivity index (χ0) is 12.4. The molecule has 0 bridgehead atoms. The van der Waals surface area contributed by atoms with Crippen molar-refractivity contribution in [1.29, 1.82) is 0 Å². The van der Waals surface area contributed by atoms with Crippen molar-refractivity contribution in [3.05, 3.63) is 28.7 Å². The largest absolute Gasteiger partial charge is 0.494 e. The van der Waals surface area contributed by atoms with E-state index in [-0.39, 0.29) is 0 Å². The second-order valence-electron chi connectivity index (χ2n) is 5.71. The molecular weight excluding hydrogens is 290 g/mol. The molecule has 2 aliphatic carbocycles. The molecule has 2 fully saturated rings. The minimum Gasteiger partial charge on any atom is -0.494 e. The van der Waals surface area contributed by atoms with Crippen molar-refractivity contribution in [1.82, 2.24) is 5.32 Å². The smallest absolute Gasteiger partial charge is 0.120 e. The van der Waals surface area contributed by atoms with Crippen LogP contribution in [0.4, 0.5) is 0 Å². The van der Waals surface area contributed by atoms with Gasteiger partial charge in [0.15, 0.2) is 0 Å². The molecule has 3 heteroatoms. The predicted octanol–water partition coefficient (Wildman–Crippen LogP) is 3.75. The van der Waals surface area contributed by atoms with Crippen LogP contribution in [0.2, 0.25) is 0 Å². The molecule has 0 spiro atoms. The quantitative estimate of drug-likeness (QED) is 0.828. The van der Waals surface area contributed by atoms with E-state index in [1.54, 1.807) is 0 Å². The van der Waals surface area contributed by atoms with E-state index in [0.29, 0.717) is 5.41 Å². The Hall–Kier alpha value is -0.540. The molecule has 0 heterocycles. The summed E-state index contributed by atoms with van der Waals surface area (Å²) >= 11 is 3.46. The van der Waals surface area contributed by atoms with Crippen LogP contribution in [0.25, 0.3) is 0 Å². The van der Waals surface area contributed by atoms with Gasteiger partial charge in [0.05, 0.1) is 6.61 Å². The lowest BCUT2D eigenvalue weighted by Crippen LogP contribution is -2.27. The van der Waals surface area contributed by atoms with Gasteiger partial charge >= 0.3 is 0 Å². The molecule has 1 aromatic carbocycles. The Morgan fingerprint density at radius 1 is 1.33 bits per heavy atom. The summed E-state index contributed by atoms with van der Waals surface area (Å²) in [6.45, 7) is 2.03. The van der Waals surface area contributed by atoms with Gasteiger partial charge in [-0.25, -0.2) is 0 Å². The fraction of sp³-hybridized carbons (Fsp3) is 0.600. The first-order chi connectivity index (χ1) is 8.76. The average Bonchev–Trinajstić information content (AvgIpc) is 3.24. The molecule has 0 aromatic heterocycles. The van der Waals surface area contributed by atoms with E-state index in [4.69, 9.17) is 4.74 Å². The van der Waals surface area contributed by atoms with Crippen molar-refractivity contribution >= 4 is 15.9 Å². The molecule has 0 saturated heterocycles. The highest BCUT2D eigenvalue weighted by Gasteiger charge is 2.42. The first-order valence-electron chi connectivity index (χ1n) is 6.88. The summed E-state index contributed by atoms with van der Waals surface area (Å²) < 4.78 is 6.91. The van der Waals surface area contributed by atoms with E-state index in [2.05, 4.69) is 21.2 Å². The van der Waals surface area contributed by atoms with Gasteiger partial charge in [-0.2, -0.15) is 0 Å². The third-order valence-electron chi connectivity index (χ3n) is 4.00.